The van der Waals surface area contributed by atoms with E-state index in [9.17, 15) is 9.18 Å². The quantitative estimate of drug-likeness (QED) is 0.904. The molecule has 2 unspecified atom stereocenters. The minimum absolute atomic E-state index is 0.0658. The van der Waals surface area contributed by atoms with Gasteiger partial charge in [0.1, 0.15) is 17.5 Å². The average molecular weight is 292 g/mol. The number of ether oxygens (including phenoxy) is 1. The van der Waals surface area contributed by atoms with Crippen LogP contribution >= 0.6 is 0 Å². The van der Waals surface area contributed by atoms with Crippen LogP contribution in [0.25, 0.3) is 0 Å². The Morgan fingerprint density at radius 2 is 2.19 bits per heavy atom. The average Bonchev–Trinajstić information content (AvgIpc) is 3.19. The third-order valence-corrected chi connectivity index (χ3v) is 4.25. The second-order valence-electron chi connectivity index (χ2n) is 5.87. The van der Waals surface area contributed by atoms with E-state index in [0.29, 0.717) is 18.7 Å². The van der Waals surface area contributed by atoms with Gasteiger partial charge in [-0.3, -0.25) is 10.1 Å². The highest BCUT2D eigenvalue weighted by Gasteiger charge is 2.59. The van der Waals surface area contributed by atoms with E-state index < -0.39 is 11.7 Å². The predicted octanol–water partition coefficient (Wildman–Crippen LogP) is 2.21. The first-order chi connectivity index (χ1) is 10.1. The van der Waals surface area contributed by atoms with Crippen molar-refractivity contribution in [3.63, 3.8) is 0 Å². The molecule has 1 saturated carbocycles. The molecule has 2 atom stereocenters. The fourth-order valence-electron chi connectivity index (χ4n) is 3.02. The highest BCUT2D eigenvalue weighted by atomic mass is 19.1. The van der Waals surface area contributed by atoms with Crippen LogP contribution in [-0.2, 0) is 9.53 Å². The number of nitrogens with one attached hydrogen (secondary N) is 1. The van der Waals surface area contributed by atoms with E-state index in [1.165, 1.54) is 6.07 Å². The van der Waals surface area contributed by atoms with Gasteiger partial charge in [0.25, 0.3) is 0 Å². The van der Waals surface area contributed by atoms with E-state index in [1.807, 2.05) is 13.8 Å². The summed E-state index contributed by atoms with van der Waals surface area (Å²) in [6.45, 7) is 4.94. The molecule has 0 aromatic heterocycles. The van der Waals surface area contributed by atoms with Crippen LogP contribution in [0.4, 0.5) is 4.39 Å². The third-order valence-electron chi connectivity index (χ3n) is 4.25. The van der Waals surface area contributed by atoms with Crippen molar-refractivity contribution in [1.29, 1.82) is 0 Å². The lowest BCUT2D eigenvalue weighted by molar-refractivity contribution is -0.132. The van der Waals surface area contributed by atoms with Gasteiger partial charge in [0, 0.05) is 18.7 Å². The molecule has 2 aliphatic rings. The van der Waals surface area contributed by atoms with Crippen molar-refractivity contribution in [3.8, 4) is 0 Å². The lowest BCUT2D eigenvalue weighted by Gasteiger charge is -2.27. The van der Waals surface area contributed by atoms with Crippen LogP contribution in [0.15, 0.2) is 24.3 Å². The van der Waals surface area contributed by atoms with E-state index in [2.05, 4.69) is 5.32 Å². The number of hydrogen-bond acceptors (Lipinski definition) is 3. The Bertz CT molecular complexity index is 545. The molecule has 0 bridgehead atoms. The van der Waals surface area contributed by atoms with Crippen molar-refractivity contribution in [1.82, 2.24) is 10.2 Å². The number of amides is 1. The summed E-state index contributed by atoms with van der Waals surface area (Å²) in [5.41, 5.74) is 0.0668. The molecule has 1 N–H and O–H groups in total. The summed E-state index contributed by atoms with van der Waals surface area (Å²) in [6, 6.07) is 6.63. The van der Waals surface area contributed by atoms with Gasteiger partial charge in [0.05, 0.1) is 6.10 Å². The van der Waals surface area contributed by atoms with Crippen molar-refractivity contribution < 1.29 is 13.9 Å². The molecule has 1 heterocycles. The number of nitrogens with zero attached hydrogens (tertiary/aromatic N) is 1. The summed E-state index contributed by atoms with van der Waals surface area (Å²) in [5.74, 6) is -0.211. The van der Waals surface area contributed by atoms with Crippen molar-refractivity contribution in [2.24, 2.45) is 0 Å². The zero-order valence-electron chi connectivity index (χ0n) is 12.4. The monoisotopic (exact) mass is 292 g/mol. The van der Waals surface area contributed by atoms with E-state index in [-0.39, 0.29) is 17.8 Å². The second kappa shape index (κ2) is 5.39. The first-order valence-corrected chi connectivity index (χ1v) is 7.52. The van der Waals surface area contributed by atoms with Crippen LogP contribution in [0.1, 0.15) is 38.4 Å². The van der Waals surface area contributed by atoms with Crippen molar-refractivity contribution in [2.75, 3.05) is 13.2 Å². The molecule has 5 heteroatoms. The molecule has 1 saturated heterocycles. The zero-order valence-corrected chi connectivity index (χ0v) is 12.4. The molecule has 3 rings (SSSR count). The topological polar surface area (TPSA) is 41.6 Å². The Hall–Kier alpha value is -1.46. The van der Waals surface area contributed by atoms with Gasteiger partial charge in [-0.15, -0.1) is 0 Å². The molecule has 1 amide bonds. The Balaban J connectivity index is 1.86. The summed E-state index contributed by atoms with van der Waals surface area (Å²) >= 11 is 0. The summed E-state index contributed by atoms with van der Waals surface area (Å²) in [4.78, 5) is 14.3. The lowest BCUT2D eigenvalue weighted by Crippen LogP contribution is -2.38. The SMILES string of the molecule is CCOC(C)CN1C(=O)C2(CC2)NC1c1ccccc1F. The van der Waals surface area contributed by atoms with Gasteiger partial charge in [-0.05, 0) is 32.8 Å². The van der Waals surface area contributed by atoms with Crippen LogP contribution in [0.5, 0.6) is 0 Å². The van der Waals surface area contributed by atoms with Crippen molar-refractivity contribution in [2.45, 2.75) is 44.5 Å². The smallest absolute Gasteiger partial charge is 0.244 e. The molecule has 1 aromatic rings. The summed E-state index contributed by atoms with van der Waals surface area (Å²) in [6.07, 6.45) is 1.19. The minimum Gasteiger partial charge on any atom is -0.377 e. The Labute approximate surface area is 124 Å². The maximum absolute atomic E-state index is 14.1. The number of rotatable bonds is 5. The molecule has 1 aliphatic heterocycles. The van der Waals surface area contributed by atoms with E-state index >= 15 is 0 Å². The van der Waals surface area contributed by atoms with Gasteiger partial charge in [0.2, 0.25) is 5.91 Å². The fourth-order valence-corrected chi connectivity index (χ4v) is 3.02. The summed E-state index contributed by atoms with van der Waals surface area (Å²) in [5, 5.41) is 3.33. The number of hydrogen-bond donors (Lipinski definition) is 1. The standard InChI is InChI=1S/C16H21FN2O2/c1-3-21-11(2)10-19-14(12-6-4-5-7-13(12)17)18-16(8-9-16)15(19)20/h4-7,11,14,18H,3,8-10H2,1-2H3. The van der Waals surface area contributed by atoms with Crippen LogP contribution in [0.3, 0.4) is 0 Å². The number of carbonyl (C=O) groups is 1. The summed E-state index contributed by atoms with van der Waals surface area (Å²) in [7, 11) is 0. The number of halogens is 1. The van der Waals surface area contributed by atoms with Crippen LogP contribution in [0, 0.1) is 5.82 Å². The first kappa shape index (κ1) is 14.5. The lowest BCUT2D eigenvalue weighted by atomic mass is 10.1. The highest BCUT2D eigenvalue weighted by Crippen LogP contribution is 2.46. The molecule has 1 aliphatic carbocycles. The number of carbonyl (C=O) groups excluding carboxylic acids is 1. The van der Waals surface area contributed by atoms with Gasteiger partial charge in [-0.1, -0.05) is 18.2 Å². The van der Waals surface area contributed by atoms with E-state index in [1.54, 1.807) is 23.1 Å². The van der Waals surface area contributed by atoms with Gasteiger partial charge in [-0.25, -0.2) is 4.39 Å². The maximum atomic E-state index is 14.1. The van der Waals surface area contributed by atoms with Gasteiger partial charge < -0.3 is 9.64 Å². The molecule has 21 heavy (non-hydrogen) atoms. The third kappa shape index (κ3) is 2.56. The Morgan fingerprint density at radius 1 is 1.48 bits per heavy atom. The molecule has 1 aromatic carbocycles. The van der Waals surface area contributed by atoms with Gasteiger partial charge in [-0.2, -0.15) is 0 Å². The normalized spacial score (nSPS) is 24.6. The summed E-state index contributed by atoms with van der Waals surface area (Å²) < 4.78 is 19.6. The minimum atomic E-state index is -0.459. The van der Waals surface area contributed by atoms with Crippen molar-refractivity contribution in [3.05, 3.63) is 35.6 Å². The molecular formula is C16H21FN2O2. The largest absolute Gasteiger partial charge is 0.377 e. The maximum Gasteiger partial charge on any atom is 0.244 e. The molecule has 0 radical (unpaired) electrons. The van der Waals surface area contributed by atoms with Gasteiger partial charge in [0.15, 0.2) is 0 Å². The highest BCUT2D eigenvalue weighted by molar-refractivity contribution is 5.92. The predicted molar refractivity (Wildman–Crippen MR) is 77.0 cm³/mol. The molecular weight excluding hydrogens is 271 g/mol. The van der Waals surface area contributed by atoms with E-state index in [4.69, 9.17) is 4.74 Å². The molecule has 114 valence electrons. The van der Waals surface area contributed by atoms with Crippen LogP contribution < -0.4 is 5.32 Å². The fraction of sp³-hybridized carbons (Fsp3) is 0.562. The van der Waals surface area contributed by atoms with E-state index in [0.717, 1.165) is 12.8 Å². The van der Waals surface area contributed by atoms with Crippen LogP contribution in [0.2, 0.25) is 0 Å². The van der Waals surface area contributed by atoms with Gasteiger partial charge >= 0.3 is 0 Å². The van der Waals surface area contributed by atoms with Crippen LogP contribution in [-0.4, -0.2) is 35.6 Å². The molecule has 1 spiro atoms. The Morgan fingerprint density at radius 3 is 2.81 bits per heavy atom. The zero-order chi connectivity index (χ0) is 15.0. The molecule has 4 nitrogen and oxygen atoms in total. The number of benzene rings is 1. The molecule has 2 fully saturated rings. The van der Waals surface area contributed by atoms with Crippen molar-refractivity contribution >= 4 is 5.91 Å². The Kier molecular flexibility index (Phi) is 3.71. The first-order valence-electron chi connectivity index (χ1n) is 7.52. The second-order valence-corrected chi connectivity index (χ2v) is 5.87.